The van der Waals surface area contributed by atoms with Crippen molar-refractivity contribution < 1.29 is 14.3 Å². The summed E-state index contributed by atoms with van der Waals surface area (Å²) in [6.45, 7) is 5.52. The van der Waals surface area contributed by atoms with E-state index in [0.717, 1.165) is 28.4 Å². The Bertz CT molecular complexity index is 1190. The molecular weight excluding hydrogens is 464 g/mol. The highest BCUT2D eigenvalue weighted by molar-refractivity contribution is 7.80. The van der Waals surface area contributed by atoms with Crippen molar-refractivity contribution in [2.24, 2.45) is 0 Å². The average Bonchev–Trinajstić information content (AvgIpc) is 3.38. The molecule has 1 amide bonds. The lowest BCUT2D eigenvalue weighted by molar-refractivity contribution is -0.122. The van der Waals surface area contributed by atoms with Crippen LogP contribution in [0.5, 0.6) is 11.5 Å². The molecule has 0 unspecified atom stereocenters. The first kappa shape index (κ1) is 24.0. The van der Waals surface area contributed by atoms with E-state index < -0.39 is 0 Å². The number of amides is 1. The van der Waals surface area contributed by atoms with Gasteiger partial charge in [-0.05, 0) is 74.0 Å². The Hall–Kier alpha value is -3.16. The predicted molar refractivity (Wildman–Crippen MR) is 141 cm³/mol. The lowest BCUT2D eigenvalue weighted by atomic mass is 10.1. The lowest BCUT2D eigenvalue weighted by Gasteiger charge is -2.15. The Morgan fingerprint density at radius 3 is 2.50 bits per heavy atom. The van der Waals surface area contributed by atoms with Gasteiger partial charge in [0.2, 0.25) is 0 Å². The predicted octanol–water partition coefficient (Wildman–Crippen LogP) is 5.44. The number of carbonyl (C=O) groups excluding carboxylic acids is 1. The number of benzene rings is 2. The third-order valence-electron chi connectivity index (χ3n) is 5.38. The van der Waals surface area contributed by atoms with Crippen LogP contribution in [0.2, 0.25) is 0 Å². The van der Waals surface area contributed by atoms with E-state index in [1.807, 2.05) is 62.4 Å². The van der Waals surface area contributed by atoms with E-state index in [4.69, 9.17) is 21.7 Å². The molecule has 176 valence electrons. The number of ether oxygens (including phenoxy) is 2. The van der Waals surface area contributed by atoms with E-state index in [9.17, 15) is 4.79 Å². The fraction of sp³-hybridized carbons (Fsp3) is 0.259. The summed E-state index contributed by atoms with van der Waals surface area (Å²) in [4.78, 5) is 16.9. The van der Waals surface area contributed by atoms with Gasteiger partial charge in [0.05, 0.1) is 13.2 Å². The maximum absolute atomic E-state index is 13.0. The zero-order valence-corrected chi connectivity index (χ0v) is 21.0. The number of thiocarbonyl (C=S) groups is 1. The minimum absolute atomic E-state index is 0.0982. The SMILES string of the molecule is CCOc1ccc(CCN2C(=O)/C(=C\c3ccc(Cc4ccccc4)s3)NC2=S)cc1OCC. The summed E-state index contributed by atoms with van der Waals surface area (Å²) in [5.41, 5.74) is 2.84. The van der Waals surface area contributed by atoms with Crippen molar-refractivity contribution >= 4 is 40.7 Å². The maximum atomic E-state index is 13.0. The van der Waals surface area contributed by atoms with Crippen LogP contribution in [-0.2, 0) is 17.6 Å². The minimum Gasteiger partial charge on any atom is -0.490 e. The van der Waals surface area contributed by atoms with Gasteiger partial charge in [-0.3, -0.25) is 9.69 Å². The van der Waals surface area contributed by atoms with Crippen LogP contribution in [-0.4, -0.2) is 35.7 Å². The number of nitrogens with zero attached hydrogens (tertiary/aromatic N) is 1. The number of thiophene rings is 1. The van der Waals surface area contributed by atoms with Crippen molar-refractivity contribution in [3.8, 4) is 11.5 Å². The summed E-state index contributed by atoms with van der Waals surface area (Å²) in [7, 11) is 0. The van der Waals surface area contributed by atoms with Gasteiger partial charge in [0.15, 0.2) is 16.6 Å². The molecule has 5 nitrogen and oxygen atoms in total. The molecule has 0 atom stereocenters. The van der Waals surface area contributed by atoms with E-state index >= 15 is 0 Å². The van der Waals surface area contributed by atoms with Gasteiger partial charge in [-0.2, -0.15) is 0 Å². The van der Waals surface area contributed by atoms with Crippen LogP contribution >= 0.6 is 23.6 Å². The Morgan fingerprint density at radius 2 is 1.74 bits per heavy atom. The topological polar surface area (TPSA) is 50.8 Å². The summed E-state index contributed by atoms with van der Waals surface area (Å²) < 4.78 is 11.4. The highest BCUT2D eigenvalue weighted by atomic mass is 32.1. The van der Waals surface area contributed by atoms with E-state index in [-0.39, 0.29) is 5.91 Å². The Kier molecular flexibility index (Phi) is 7.98. The highest BCUT2D eigenvalue weighted by Crippen LogP contribution is 2.29. The van der Waals surface area contributed by atoms with Crippen molar-refractivity contribution in [3.63, 3.8) is 0 Å². The first-order valence-corrected chi connectivity index (χ1v) is 12.7. The van der Waals surface area contributed by atoms with E-state index in [1.165, 1.54) is 10.4 Å². The molecule has 1 aromatic heterocycles. The van der Waals surface area contributed by atoms with E-state index in [1.54, 1.807) is 16.2 Å². The quantitative estimate of drug-likeness (QED) is 0.302. The van der Waals surface area contributed by atoms with E-state index in [0.29, 0.717) is 37.0 Å². The smallest absolute Gasteiger partial charge is 0.276 e. The van der Waals surface area contributed by atoms with Gasteiger partial charge in [0, 0.05) is 22.7 Å². The fourth-order valence-corrected chi connectivity index (χ4v) is 5.05. The van der Waals surface area contributed by atoms with Gasteiger partial charge in [0.1, 0.15) is 5.70 Å². The molecular formula is C27H28N2O3S2. The number of carbonyl (C=O) groups is 1. The van der Waals surface area contributed by atoms with Crippen molar-refractivity contribution in [3.05, 3.63) is 87.2 Å². The molecule has 1 saturated heterocycles. The van der Waals surface area contributed by atoms with E-state index in [2.05, 4.69) is 23.5 Å². The summed E-state index contributed by atoms with van der Waals surface area (Å²) in [5.74, 6) is 1.36. The zero-order chi connectivity index (χ0) is 23.9. The van der Waals surface area contributed by atoms with Crippen LogP contribution in [0.3, 0.4) is 0 Å². The number of hydrogen-bond acceptors (Lipinski definition) is 5. The van der Waals surface area contributed by atoms with Crippen LogP contribution in [0.15, 0.2) is 66.4 Å². The molecule has 0 aliphatic carbocycles. The second kappa shape index (κ2) is 11.3. The molecule has 3 aromatic rings. The molecule has 4 rings (SSSR count). The molecule has 0 bridgehead atoms. The summed E-state index contributed by atoms with van der Waals surface area (Å²) in [5, 5.41) is 3.52. The monoisotopic (exact) mass is 492 g/mol. The largest absolute Gasteiger partial charge is 0.490 e. The number of nitrogens with one attached hydrogen (secondary N) is 1. The molecule has 1 aliphatic heterocycles. The molecule has 1 aliphatic rings. The van der Waals surface area contributed by atoms with Gasteiger partial charge in [-0.15, -0.1) is 11.3 Å². The summed E-state index contributed by atoms with van der Waals surface area (Å²) in [6.07, 6.45) is 3.43. The number of hydrogen-bond donors (Lipinski definition) is 1. The number of rotatable bonds is 10. The van der Waals surface area contributed by atoms with Gasteiger partial charge in [0.25, 0.3) is 5.91 Å². The fourth-order valence-electron chi connectivity index (χ4n) is 3.77. The zero-order valence-electron chi connectivity index (χ0n) is 19.4. The molecule has 0 saturated carbocycles. The standard InChI is InChI=1S/C27H28N2O3S2/c1-3-31-24-13-10-20(17-25(24)32-4-2)14-15-29-26(30)23(28-27(29)33)18-22-12-11-21(34-22)16-19-8-6-5-7-9-19/h5-13,17-18H,3-4,14-16H2,1-2H3,(H,28,33)/b23-18+. The Balaban J connectivity index is 1.40. The molecule has 0 radical (unpaired) electrons. The second-order valence-electron chi connectivity index (χ2n) is 7.81. The molecule has 1 fully saturated rings. The molecule has 34 heavy (non-hydrogen) atoms. The van der Waals surface area contributed by atoms with Crippen LogP contribution in [0.4, 0.5) is 0 Å². The van der Waals surface area contributed by atoms with Crippen LogP contribution in [0, 0.1) is 0 Å². The molecule has 2 aromatic carbocycles. The lowest BCUT2D eigenvalue weighted by Crippen LogP contribution is -2.32. The van der Waals surface area contributed by atoms with Crippen molar-refractivity contribution in [2.75, 3.05) is 19.8 Å². The van der Waals surface area contributed by atoms with Crippen molar-refractivity contribution in [1.29, 1.82) is 0 Å². The Labute approximate surface area is 210 Å². The molecule has 7 heteroatoms. The minimum atomic E-state index is -0.0982. The van der Waals surface area contributed by atoms with Gasteiger partial charge in [-0.25, -0.2) is 0 Å². The average molecular weight is 493 g/mol. The van der Waals surface area contributed by atoms with Gasteiger partial charge < -0.3 is 14.8 Å². The third kappa shape index (κ3) is 5.85. The summed E-state index contributed by atoms with van der Waals surface area (Å²) >= 11 is 7.14. The summed E-state index contributed by atoms with van der Waals surface area (Å²) in [6, 6.07) is 20.4. The van der Waals surface area contributed by atoms with Gasteiger partial charge >= 0.3 is 0 Å². The molecule has 1 N–H and O–H groups in total. The molecule has 0 spiro atoms. The van der Waals surface area contributed by atoms with Gasteiger partial charge in [-0.1, -0.05) is 36.4 Å². The van der Waals surface area contributed by atoms with Crippen LogP contribution in [0.25, 0.3) is 6.08 Å². The van der Waals surface area contributed by atoms with Crippen molar-refractivity contribution in [2.45, 2.75) is 26.7 Å². The normalized spacial score (nSPS) is 14.5. The first-order chi connectivity index (χ1) is 16.6. The third-order valence-corrected chi connectivity index (χ3v) is 6.74. The van der Waals surface area contributed by atoms with Crippen molar-refractivity contribution in [1.82, 2.24) is 10.2 Å². The first-order valence-electron chi connectivity index (χ1n) is 11.4. The Morgan fingerprint density at radius 1 is 0.971 bits per heavy atom. The maximum Gasteiger partial charge on any atom is 0.276 e. The second-order valence-corrected chi connectivity index (χ2v) is 9.40. The molecule has 2 heterocycles. The van der Waals surface area contributed by atoms with Crippen LogP contribution < -0.4 is 14.8 Å². The highest BCUT2D eigenvalue weighted by Gasteiger charge is 2.30. The van der Waals surface area contributed by atoms with Crippen LogP contribution in [0.1, 0.15) is 34.7 Å².